The number of hydroxylamine groups is 2. The average molecular weight is 492 g/mol. The zero-order valence-corrected chi connectivity index (χ0v) is 20.2. The Balaban J connectivity index is 1.50. The summed E-state index contributed by atoms with van der Waals surface area (Å²) in [6.45, 7) is 5.83. The van der Waals surface area contributed by atoms with Gasteiger partial charge in [-0.25, -0.2) is 29.1 Å². The predicted molar refractivity (Wildman–Crippen MR) is 133 cm³/mol. The summed E-state index contributed by atoms with van der Waals surface area (Å²) >= 11 is 0. The Morgan fingerprint density at radius 3 is 2.72 bits per heavy atom. The number of anilines is 2. The molecule has 1 aromatic carbocycles. The van der Waals surface area contributed by atoms with Crippen LogP contribution in [0.2, 0.25) is 0 Å². The number of hydrogen-bond donors (Lipinski definition) is 1. The number of aryl methyl sites for hydroxylation is 1. The van der Waals surface area contributed by atoms with Crippen LogP contribution in [0, 0.1) is 12.7 Å². The number of carbonyl (C=O) groups is 1. The molecule has 0 saturated carbocycles. The number of methoxy groups -OCH3 is 1. The van der Waals surface area contributed by atoms with Crippen molar-refractivity contribution >= 4 is 39.7 Å². The monoisotopic (exact) mass is 491 g/mol. The van der Waals surface area contributed by atoms with E-state index < -0.39 is 6.16 Å². The quantitative estimate of drug-likeness (QED) is 0.412. The SMILES string of the molecule is COC(=O)ON1CCN(c2nc3c(C)c(F)ccc3cc2[C@H](C)Nc2ncnc3ncccc23)CC1. The maximum atomic E-state index is 14.4. The molecule has 1 N–H and O–H groups in total. The lowest BCUT2D eigenvalue weighted by Crippen LogP contribution is -2.47. The zero-order chi connectivity index (χ0) is 25.2. The Kier molecular flexibility index (Phi) is 6.47. The lowest BCUT2D eigenvalue weighted by Gasteiger charge is -2.35. The summed E-state index contributed by atoms with van der Waals surface area (Å²) in [5.74, 6) is 1.11. The third kappa shape index (κ3) is 4.57. The van der Waals surface area contributed by atoms with Crippen molar-refractivity contribution in [3.05, 3.63) is 59.8 Å². The molecule has 0 spiro atoms. The first-order chi connectivity index (χ1) is 17.4. The van der Waals surface area contributed by atoms with Gasteiger partial charge in [-0.2, -0.15) is 0 Å². The maximum absolute atomic E-state index is 14.4. The number of carbonyl (C=O) groups excluding carboxylic acids is 1. The molecule has 1 aliphatic rings. The van der Waals surface area contributed by atoms with Gasteiger partial charge in [0.25, 0.3) is 0 Å². The van der Waals surface area contributed by atoms with Crippen molar-refractivity contribution in [1.29, 1.82) is 0 Å². The number of benzene rings is 1. The fourth-order valence-corrected chi connectivity index (χ4v) is 4.36. The van der Waals surface area contributed by atoms with E-state index in [1.165, 1.54) is 19.5 Å². The van der Waals surface area contributed by atoms with Crippen LogP contribution in [-0.4, -0.2) is 64.4 Å². The van der Waals surface area contributed by atoms with E-state index in [0.717, 1.165) is 22.2 Å². The van der Waals surface area contributed by atoms with E-state index in [1.54, 1.807) is 24.3 Å². The minimum absolute atomic E-state index is 0.190. The highest BCUT2D eigenvalue weighted by Crippen LogP contribution is 2.33. The molecule has 11 heteroatoms. The van der Waals surface area contributed by atoms with Crippen molar-refractivity contribution in [2.45, 2.75) is 19.9 Å². The summed E-state index contributed by atoms with van der Waals surface area (Å²) in [4.78, 5) is 36.7. The summed E-state index contributed by atoms with van der Waals surface area (Å²) in [5, 5.41) is 6.71. The van der Waals surface area contributed by atoms with E-state index in [0.29, 0.717) is 48.7 Å². The Labute approximate surface area is 207 Å². The van der Waals surface area contributed by atoms with Gasteiger partial charge >= 0.3 is 6.16 Å². The molecule has 5 rings (SSSR count). The van der Waals surface area contributed by atoms with Crippen molar-refractivity contribution in [2.24, 2.45) is 0 Å². The van der Waals surface area contributed by atoms with Crippen molar-refractivity contribution in [2.75, 3.05) is 43.5 Å². The summed E-state index contributed by atoms with van der Waals surface area (Å²) in [7, 11) is 1.27. The van der Waals surface area contributed by atoms with E-state index in [9.17, 15) is 9.18 Å². The number of piperazine rings is 1. The highest BCUT2D eigenvalue weighted by Gasteiger charge is 2.26. The van der Waals surface area contributed by atoms with E-state index in [4.69, 9.17) is 9.82 Å². The van der Waals surface area contributed by atoms with Gasteiger partial charge in [-0.15, -0.1) is 5.06 Å². The first kappa shape index (κ1) is 23.6. The van der Waals surface area contributed by atoms with Crippen LogP contribution in [0.4, 0.5) is 20.8 Å². The van der Waals surface area contributed by atoms with Crippen LogP contribution < -0.4 is 10.2 Å². The van der Waals surface area contributed by atoms with Gasteiger partial charge < -0.3 is 19.8 Å². The van der Waals surface area contributed by atoms with Gasteiger partial charge in [0.15, 0.2) is 5.65 Å². The van der Waals surface area contributed by atoms with E-state index in [-0.39, 0.29) is 11.9 Å². The third-order valence-electron chi connectivity index (χ3n) is 6.32. The van der Waals surface area contributed by atoms with Gasteiger partial charge in [0.2, 0.25) is 0 Å². The second-order valence-corrected chi connectivity index (χ2v) is 8.57. The number of nitrogens with zero attached hydrogens (tertiary/aromatic N) is 6. The molecule has 4 heterocycles. The lowest BCUT2D eigenvalue weighted by molar-refractivity contribution is -0.126. The third-order valence-corrected chi connectivity index (χ3v) is 6.32. The minimum atomic E-state index is -0.747. The molecule has 36 heavy (non-hydrogen) atoms. The van der Waals surface area contributed by atoms with Crippen LogP contribution in [0.5, 0.6) is 0 Å². The summed E-state index contributed by atoms with van der Waals surface area (Å²) in [6, 6.07) is 8.83. The molecule has 3 aromatic heterocycles. The van der Waals surface area contributed by atoms with Gasteiger partial charge in [-0.1, -0.05) is 0 Å². The molecule has 10 nitrogen and oxygen atoms in total. The standard InChI is InChI=1S/C25H26FN7O3/c1-15-20(26)7-6-17-13-19(16(2)30-23-18-5-4-8-27-22(18)28-14-29-23)24(31-21(15)17)32-9-11-33(12-10-32)36-25(34)35-3/h4-8,13-14,16H,9-12H2,1-3H3,(H,27,28,29,30)/t16-/m0/s1. The van der Waals surface area contributed by atoms with Crippen LogP contribution >= 0.6 is 0 Å². The first-order valence-electron chi connectivity index (χ1n) is 11.6. The number of hydrogen-bond acceptors (Lipinski definition) is 10. The van der Waals surface area contributed by atoms with E-state index in [2.05, 4.69) is 29.9 Å². The number of rotatable bonds is 5. The molecular formula is C25H26FN7O3. The van der Waals surface area contributed by atoms with Gasteiger partial charge in [-0.3, -0.25) is 0 Å². The van der Waals surface area contributed by atoms with Crippen molar-refractivity contribution in [3.63, 3.8) is 0 Å². The second kappa shape index (κ2) is 9.86. The minimum Gasteiger partial charge on any atom is -0.436 e. The predicted octanol–water partition coefficient (Wildman–Crippen LogP) is 4.01. The van der Waals surface area contributed by atoms with Crippen molar-refractivity contribution in [3.8, 4) is 0 Å². The van der Waals surface area contributed by atoms with Crippen molar-refractivity contribution in [1.82, 2.24) is 25.0 Å². The zero-order valence-electron chi connectivity index (χ0n) is 20.2. The molecule has 0 amide bonds. The Hall–Kier alpha value is -4.12. The molecule has 0 radical (unpaired) electrons. The molecule has 186 valence electrons. The Bertz CT molecular complexity index is 1420. The molecule has 1 fully saturated rings. The Morgan fingerprint density at radius 1 is 1.14 bits per heavy atom. The summed E-state index contributed by atoms with van der Waals surface area (Å²) < 4.78 is 19.0. The smallest absolute Gasteiger partial charge is 0.436 e. The Morgan fingerprint density at radius 2 is 1.94 bits per heavy atom. The second-order valence-electron chi connectivity index (χ2n) is 8.57. The molecule has 0 unspecified atom stereocenters. The molecule has 0 aliphatic carbocycles. The number of fused-ring (bicyclic) bond motifs is 2. The number of aromatic nitrogens is 4. The van der Waals surface area contributed by atoms with Gasteiger partial charge in [0.1, 0.15) is 23.8 Å². The van der Waals surface area contributed by atoms with Gasteiger partial charge in [0.05, 0.1) is 37.1 Å². The highest BCUT2D eigenvalue weighted by atomic mass is 19.1. The van der Waals surface area contributed by atoms with Crippen LogP contribution in [0.1, 0.15) is 24.1 Å². The van der Waals surface area contributed by atoms with Crippen LogP contribution in [0.3, 0.4) is 0 Å². The van der Waals surface area contributed by atoms with Gasteiger partial charge in [-0.05, 0) is 44.2 Å². The van der Waals surface area contributed by atoms with Gasteiger partial charge in [0, 0.05) is 35.8 Å². The largest absolute Gasteiger partial charge is 0.527 e. The number of halogens is 1. The fourth-order valence-electron chi connectivity index (χ4n) is 4.36. The topological polar surface area (TPSA) is 106 Å². The van der Waals surface area contributed by atoms with E-state index >= 15 is 0 Å². The molecule has 0 bridgehead atoms. The maximum Gasteiger partial charge on any atom is 0.527 e. The molecule has 4 aromatic rings. The molecule has 1 atom stereocenters. The highest BCUT2D eigenvalue weighted by molar-refractivity contribution is 5.87. The first-order valence-corrected chi connectivity index (χ1v) is 11.6. The number of nitrogens with one attached hydrogen (secondary N) is 1. The number of ether oxygens (including phenoxy) is 1. The average Bonchev–Trinajstić information content (AvgIpc) is 2.91. The molecule has 1 saturated heterocycles. The normalized spacial score (nSPS) is 15.2. The lowest BCUT2D eigenvalue weighted by atomic mass is 10.0. The van der Waals surface area contributed by atoms with Crippen LogP contribution in [0.15, 0.2) is 42.9 Å². The summed E-state index contributed by atoms with van der Waals surface area (Å²) in [5.41, 5.74) is 2.66. The fraction of sp³-hybridized carbons (Fsp3) is 0.320. The van der Waals surface area contributed by atoms with Crippen LogP contribution in [-0.2, 0) is 9.57 Å². The van der Waals surface area contributed by atoms with Crippen molar-refractivity contribution < 1.29 is 18.8 Å². The van der Waals surface area contributed by atoms with E-state index in [1.807, 2.05) is 25.1 Å². The summed E-state index contributed by atoms with van der Waals surface area (Å²) in [6.07, 6.45) is 2.43. The number of pyridine rings is 2. The van der Waals surface area contributed by atoms with Crippen LogP contribution in [0.25, 0.3) is 21.9 Å². The molecule has 1 aliphatic heterocycles. The molecular weight excluding hydrogens is 465 g/mol.